The quantitative estimate of drug-likeness (QED) is 0.400. The van der Waals surface area contributed by atoms with Gasteiger partial charge in [-0.3, -0.25) is 0 Å². The third-order valence-corrected chi connectivity index (χ3v) is 5.73. The first-order valence-electron chi connectivity index (χ1n) is 9.30. The molecule has 2 aromatic carbocycles. The molecule has 6 nitrogen and oxygen atoms in total. The zero-order chi connectivity index (χ0) is 20.3. The van der Waals surface area contributed by atoms with Crippen LogP contribution in [0.1, 0.15) is 18.1 Å². The molecule has 0 fully saturated rings. The van der Waals surface area contributed by atoms with E-state index < -0.39 is 0 Å². The van der Waals surface area contributed by atoms with Crippen molar-refractivity contribution in [2.45, 2.75) is 20.0 Å². The number of fused-ring (bicyclic) bond motifs is 4. The zero-order valence-corrected chi connectivity index (χ0v) is 16.3. The normalized spacial score (nSPS) is 15.6. The van der Waals surface area contributed by atoms with Gasteiger partial charge in [0.1, 0.15) is 12.2 Å². The number of nitrogens with zero attached hydrogens (tertiary/aromatic N) is 5. The maximum absolute atomic E-state index is 9.65. The molecule has 6 heteroatoms. The average molecular weight is 379 g/mol. The first-order valence-corrected chi connectivity index (χ1v) is 9.30. The van der Waals surface area contributed by atoms with E-state index in [9.17, 15) is 5.26 Å². The molecule has 0 unspecified atom stereocenters. The molecule has 5 rings (SSSR count). The van der Waals surface area contributed by atoms with Gasteiger partial charge in [0.05, 0.1) is 29.2 Å². The van der Waals surface area contributed by atoms with E-state index in [0.717, 1.165) is 39.0 Å². The molecule has 0 saturated heterocycles. The van der Waals surface area contributed by atoms with Crippen LogP contribution in [0.4, 0.5) is 22.7 Å². The molecule has 0 saturated carbocycles. The lowest BCUT2D eigenvalue weighted by molar-refractivity contribution is 0.648. The van der Waals surface area contributed by atoms with E-state index in [4.69, 9.17) is 11.0 Å². The van der Waals surface area contributed by atoms with Gasteiger partial charge in [-0.1, -0.05) is 24.3 Å². The predicted octanol–water partition coefficient (Wildman–Crippen LogP) is 5.65. The fourth-order valence-corrected chi connectivity index (χ4v) is 4.25. The van der Waals surface area contributed by atoms with Crippen LogP contribution in [0.15, 0.2) is 47.0 Å². The van der Waals surface area contributed by atoms with E-state index in [-0.39, 0.29) is 6.17 Å². The molecule has 29 heavy (non-hydrogen) atoms. The van der Waals surface area contributed by atoms with Crippen LogP contribution in [-0.4, -0.2) is 18.2 Å². The molecular formula is C23H17N5O. The van der Waals surface area contributed by atoms with Crippen molar-refractivity contribution in [3.05, 3.63) is 65.1 Å². The molecule has 0 bridgehead atoms. The van der Waals surface area contributed by atoms with Gasteiger partial charge in [0.2, 0.25) is 11.4 Å². The number of furan rings is 1. The van der Waals surface area contributed by atoms with Crippen molar-refractivity contribution in [3.63, 3.8) is 0 Å². The second-order valence-corrected chi connectivity index (χ2v) is 7.23. The summed E-state index contributed by atoms with van der Waals surface area (Å²) in [6.07, 6.45) is 1.63. The number of hydrogen-bond acceptors (Lipinski definition) is 5. The Balaban J connectivity index is 1.89. The van der Waals surface area contributed by atoms with Crippen LogP contribution >= 0.6 is 0 Å². The third-order valence-electron chi connectivity index (χ3n) is 5.73. The Kier molecular flexibility index (Phi) is 3.53. The summed E-state index contributed by atoms with van der Waals surface area (Å²) < 4.78 is 6.19. The predicted molar refractivity (Wildman–Crippen MR) is 114 cm³/mol. The van der Waals surface area contributed by atoms with Crippen LogP contribution in [0.3, 0.4) is 0 Å². The van der Waals surface area contributed by atoms with Crippen molar-refractivity contribution >= 4 is 44.8 Å². The first kappa shape index (κ1) is 17.1. The van der Waals surface area contributed by atoms with Crippen molar-refractivity contribution in [1.82, 2.24) is 4.98 Å². The van der Waals surface area contributed by atoms with Crippen molar-refractivity contribution < 1.29 is 4.42 Å². The van der Waals surface area contributed by atoms with E-state index in [0.29, 0.717) is 17.0 Å². The van der Waals surface area contributed by atoms with Crippen LogP contribution in [0.5, 0.6) is 0 Å². The molecule has 4 aromatic rings. The smallest absolute Gasteiger partial charge is 0.227 e. The van der Waals surface area contributed by atoms with E-state index >= 15 is 0 Å². The lowest BCUT2D eigenvalue weighted by Gasteiger charge is -2.29. The molecule has 140 valence electrons. The van der Waals surface area contributed by atoms with E-state index in [1.165, 1.54) is 0 Å². The Hall–Kier alpha value is -4.03. The number of benzene rings is 2. The molecule has 0 radical (unpaired) electrons. The van der Waals surface area contributed by atoms with Gasteiger partial charge >= 0.3 is 0 Å². The van der Waals surface area contributed by atoms with Crippen LogP contribution in [0.2, 0.25) is 0 Å². The lowest BCUT2D eigenvalue weighted by atomic mass is 10.1. The highest BCUT2D eigenvalue weighted by atomic mass is 16.3. The first-order chi connectivity index (χ1) is 14.1. The van der Waals surface area contributed by atoms with Crippen molar-refractivity contribution in [3.8, 4) is 6.07 Å². The highest BCUT2D eigenvalue weighted by Crippen LogP contribution is 2.53. The largest absolute Gasteiger partial charge is 0.435 e. The molecule has 0 aliphatic carbocycles. The number of nitriles is 1. The minimum absolute atomic E-state index is 0.0922. The monoisotopic (exact) mass is 379 g/mol. The van der Waals surface area contributed by atoms with Gasteiger partial charge in [0, 0.05) is 24.0 Å². The molecule has 1 atom stereocenters. The Morgan fingerprint density at radius 3 is 2.72 bits per heavy atom. The van der Waals surface area contributed by atoms with Gasteiger partial charge in [-0.2, -0.15) is 5.26 Å². The minimum Gasteiger partial charge on any atom is -0.435 e. The summed E-state index contributed by atoms with van der Waals surface area (Å²) in [7, 11) is 1.95. The summed E-state index contributed by atoms with van der Waals surface area (Å²) in [5.74, 6) is 0. The number of aromatic nitrogens is 1. The van der Waals surface area contributed by atoms with Gasteiger partial charge in [0.15, 0.2) is 5.58 Å². The Labute approximate surface area is 168 Å². The number of rotatable bonds is 1. The molecule has 2 aromatic heterocycles. The van der Waals surface area contributed by atoms with Gasteiger partial charge in [0.25, 0.3) is 0 Å². The average Bonchev–Trinajstić information content (AvgIpc) is 3.24. The fraction of sp³-hybridized carbons (Fsp3) is 0.174. The number of hydrogen-bond donors (Lipinski definition) is 0. The van der Waals surface area contributed by atoms with E-state index in [2.05, 4.69) is 39.9 Å². The molecule has 0 spiro atoms. The Morgan fingerprint density at radius 1 is 1.14 bits per heavy atom. The number of anilines is 3. The summed E-state index contributed by atoms with van der Waals surface area (Å²) in [4.78, 5) is 12.3. The molecule has 1 aliphatic rings. The molecule has 0 amide bonds. The van der Waals surface area contributed by atoms with Crippen molar-refractivity contribution in [1.29, 1.82) is 5.26 Å². The van der Waals surface area contributed by atoms with Crippen LogP contribution in [0, 0.1) is 24.8 Å². The van der Waals surface area contributed by atoms with Gasteiger partial charge < -0.3 is 14.2 Å². The summed E-state index contributed by atoms with van der Waals surface area (Å²) >= 11 is 0. The summed E-state index contributed by atoms with van der Waals surface area (Å²) in [5.41, 5.74) is 5.86. The Morgan fingerprint density at radius 2 is 1.97 bits per heavy atom. The highest BCUT2D eigenvalue weighted by molar-refractivity contribution is 6.11. The zero-order valence-electron chi connectivity index (χ0n) is 16.3. The minimum atomic E-state index is -0.0922. The SMILES string of the molecule is [C-]#[N+]c1ccc(C#N)c2c1N(c1c(C)ccc3c1oc1ncccc13)[C@@H](C)N2C. The fourth-order valence-electron chi connectivity index (χ4n) is 4.25. The van der Waals surface area contributed by atoms with E-state index in [1.54, 1.807) is 18.3 Å². The van der Waals surface area contributed by atoms with Crippen LogP contribution in [0.25, 0.3) is 26.9 Å². The second-order valence-electron chi connectivity index (χ2n) is 7.23. The maximum Gasteiger partial charge on any atom is 0.227 e. The Bertz CT molecular complexity index is 1390. The van der Waals surface area contributed by atoms with Gasteiger partial charge in [-0.05, 0) is 31.5 Å². The lowest BCUT2D eigenvalue weighted by Crippen LogP contribution is -2.36. The summed E-state index contributed by atoms with van der Waals surface area (Å²) in [6.45, 7) is 11.8. The number of aryl methyl sites for hydroxylation is 1. The summed E-state index contributed by atoms with van der Waals surface area (Å²) in [5, 5.41) is 11.6. The standard InChI is InChI=1S/C23H17N5O/c1-13-7-9-16-17-6-5-11-26-23(17)29-22(16)19(13)28-14(2)27(4)20-15(12-24)8-10-18(25-3)21(20)28/h5-11,14H,1-2,4H3/t14-/m0/s1. The van der Waals surface area contributed by atoms with Gasteiger partial charge in [-0.15, -0.1) is 0 Å². The molecular weight excluding hydrogens is 362 g/mol. The van der Waals surface area contributed by atoms with Crippen molar-refractivity contribution in [2.24, 2.45) is 0 Å². The molecule has 1 aliphatic heterocycles. The molecule has 3 heterocycles. The van der Waals surface area contributed by atoms with Crippen LogP contribution < -0.4 is 9.80 Å². The van der Waals surface area contributed by atoms with Crippen molar-refractivity contribution in [2.75, 3.05) is 16.8 Å². The number of pyridine rings is 1. The maximum atomic E-state index is 9.65. The second kappa shape index (κ2) is 5.98. The topological polar surface area (TPSA) is 60.7 Å². The molecule has 0 N–H and O–H groups in total. The summed E-state index contributed by atoms with van der Waals surface area (Å²) in [6, 6.07) is 13.7. The highest BCUT2D eigenvalue weighted by Gasteiger charge is 2.37. The third kappa shape index (κ3) is 2.17. The van der Waals surface area contributed by atoms with E-state index in [1.807, 2.05) is 31.0 Å². The van der Waals surface area contributed by atoms with Crippen LogP contribution in [-0.2, 0) is 0 Å². The van der Waals surface area contributed by atoms with Gasteiger partial charge in [-0.25, -0.2) is 9.83 Å².